The van der Waals surface area contributed by atoms with Crippen molar-refractivity contribution in [1.82, 2.24) is 49.9 Å². The van der Waals surface area contributed by atoms with E-state index in [0.29, 0.717) is 110 Å². The van der Waals surface area contributed by atoms with Crippen molar-refractivity contribution in [2.24, 2.45) is 5.41 Å². The Kier molecular flexibility index (Phi) is 23.2. The van der Waals surface area contributed by atoms with Crippen LogP contribution in [0.25, 0.3) is 43.6 Å². The Morgan fingerprint density at radius 2 is 0.972 bits per heavy atom. The highest BCUT2D eigenvalue weighted by molar-refractivity contribution is 6.32. The van der Waals surface area contributed by atoms with E-state index in [-0.39, 0.29) is 29.9 Å². The van der Waals surface area contributed by atoms with Crippen LogP contribution in [0.15, 0.2) is 214 Å². The van der Waals surface area contributed by atoms with Crippen molar-refractivity contribution < 1.29 is 19.2 Å². The van der Waals surface area contributed by atoms with Gasteiger partial charge in [0.05, 0.1) is 22.4 Å². The van der Waals surface area contributed by atoms with Crippen LogP contribution in [0.3, 0.4) is 0 Å². The minimum absolute atomic E-state index is 0.0290. The highest BCUT2D eigenvalue weighted by atomic mass is 35.5. The van der Waals surface area contributed by atoms with Gasteiger partial charge in [-0.05, 0) is 189 Å². The molecular formula is C88H74Cl3N13O4. The summed E-state index contributed by atoms with van der Waals surface area (Å²) >= 11 is 18.5. The Balaban J connectivity index is 0.000000145. The highest BCUT2D eigenvalue weighted by Gasteiger charge is 2.37. The van der Waals surface area contributed by atoms with Crippen molar-refractivity contribution in [2.45, 2.75) is 45.4 Å². The summed E-state index contributed by atoms with van der Waals surface area (Å²) in [6, 6.07) is 50.4. The molecule has 5 aromatic heterocycles. The second-order valence-electron chi connectivity index (χ2n) is 26.7. The molecule has 0 saturated carbocycles. The first kappa shape index (κ1) is 74.0. The van der Waals surface area contributed by atoms with Crippen LogP contribution in [0.2, 0.25) is 15.1 Å². The lowest BCUT2D eigenvalue weighted by Gasteiger charge is -2.44. The number of hydrogen-bond donors (Lipinski definition) is 4. The number of likely N-dealkylation sites (tertiary alicyclic amines) is 1. The summed E-state index contributed by atoms with van der Waals surface area (Å²) in [5.74, 6) is 20.5. The summed E-state index contributed by atoms with van der Waals surface area (Å²) in [5.41, 5.74) is 29.8. The lowest BCUT2D eigenvalue weighted by molar-refractivity contribution is -0.127. The number of nitrogen functional groups attached to an aromatic ring is 3. The van der Waals surface area contributed by atoms with Crippen LogP contribution in [-0.2, 0) is 17.6 Å². The Morgan fingerprint density at radius 3 is 1.44 bits per heavy atom. The van der Waals surface area contributed by atoms with Gasteiger partial charge in [0.25, 0.3) is 11.8 Å². The van der Waals surface area contributed by atoms with Gasteiger partial charge >= 0.3 is 0 Å². The zero-order chi connectivity index (χ0) is 75.3. The predicted octanol–water partition coefficient (Wildman–Crippen LogP) is 14.9. The summed E-state index contributed by atoms with van der Waals surface area (Å²) in [7, 11) is 0. The van der Waals surface area contributed by atoms with E-state index >= 15 is 0 Å². The van der Waals surface area contributed by atoms with Crippen molar-refractivity contribution in [3.8, 4) is 46.8 Å². The second kappa shape index (κ2) is 33.9. The van der Waals surface area contributed by atoms with Crippen molar-refractivity contribution in [3.05, 3.63) is 301 Å². The van der Waals surface area contributed by atoms with E-state index in [1.54, 1.807) is 89.4 Å². The molecule has 0 radical (unpaired) electrons. The van der Waals surface area contributed by atoms with E-state index in [4.69, 9.17) is 57.0 Å². The molecule has 536 valence electrons. The number of piperidine rings is 2. The first-order valence-corrected chi connectivity index (χ1v) is 36.5. The van der Waals surface area contributed by atoms with Gasteiger partial charge in [-0.25, -0.2) is 24.9 Å². The third-order valence-corrected chi connectivity index (χ3v) is 20.4. The summed E-state index contributed by atoms with van der Waals surface area (Å²) < 4.78 is 0. The van der Waals surface area contributed by atoms with E-state index < -0.39 is 0 Å². The summed E-state index contributed by atoms with van der Waals surface area (Å²) in [6.45, 7) is 11.5. The molecule has 0 aliphatic carbocycles. The van der Waals surface area contributed by atoms with E-state index in [2.05, 4.69) is 85.3 Å². The zero-order valence-corrected chi connectivity index (χ0v) is 61.5. The number of aromatic nitrogens is 6. The van der Waals surface area contributed by atoms with Crippen LogP contribution >= 0.6 is 34.8 Å². The Morgan fingerprint density at radius 1 is 0.509 bits per heavy atom. The average Bonchev–Trinajstić information content (AvgIpc) is 0.819. The lowest BCUT2D eigenvalue weighted by Crippen LogP contribution is -2.50. The largest absolute Gasteiger partial charge is 0.383 e. The molecule has 0 unspecified atom stereocenters. The fraction of sp³-hybridized carbons (Fsp3) is 0.182. The summed E-state index contributed by atoms with van der Waals surface area (Å²) in [6.07, 6.45) is 17.2. The Bertz CT molecular complexity index is 5610. The van der Waals surface area contributed by atoms with E-state index in [0.717, 1.165) is 116 Å². The van der Waals surface area contributed by atoms with Gasteiger partial charge in [-0.15, -0.1) is 0 Å². The second-order valence-corrected chi connectivity index (χ2v) is 28.0. The monoisotopic (exact) mass is 1480 g/mol. The highest BCUT2D eigenvalue weighted by Crippen LogP contribution is 2.40. The third kappa shape index (κ3) is 18.0. The van der Waals surface area contributed by atoms with E-state index in [1.807, 2.05) is 120 Å². The van der Waals surface area contributed by atoms with Crippen molar-refractivity contribution in [1.29, 1.82) is 0 Å². The van der Waals surface area contributed by atoms with Gasteiger partial charge < -0.3 is 37.2 Å². The number of pyridine rings is 4. The number of Topliss-reactive ketones (excluding diaryl/α,β-unsaturated/α-hetero) is 1. The number of benzene rings is 7. The molecule has 1 spiro atoms. The number of amides is 3. The number of halogens is 3. The molecule has 7 N–H and O–H groups in total. The quantitative estimate of drug-likeness (QED) is 0.0597. The number of aryl methyl sites for hydroxylation is 1. The number of piperazine rings is 1. The molecule has 3 aliphatic rings. The maximum atomic E-state index is 13.2. The Labute approximate surface area is 641 Å². The van der Waals surface area contributed by atoms with Gasteiger partial charge in [-0.3, -0.25) is 24.2 Å². The summed E-state index contributed by atoms with van der Waals surface area (Å²) in [4.78, 5) is 82.3. The molecule has 12 aromatic rings. The molecule has 0 atom stereocenters. The van der Waals surface area contributed by atoms with Crippen molar-refractivity contribution in [3.63, 3.8) is 0 Å². The molecule has 7 aromatic carbocycles. The minimum atomic E-state index is -0.107. The van der Waals surface area contributed by atoms with Crippen LogP contribution in [-0.4, -0.2) is 120 Å². The molecule has 15 rings (SSSR count). The number of nitrogens with two attached hydrogens (primary N) is 3. The topological polar surface area (TPSA) is 245 Å². The van der Waals surface area contributed by atoms with Gasteiger partial charge in [0.2, 0.25) is 5.91 Å². The van der Waals surface area contributed by atoms with Gasteiger partial charge in [-0.1, -0.05) is 125 Å². The number of carbonyl (C=O) groups excluding carboxylic acids is 4. The first-order valence-electron chi connectivity index (χ1n) is 35.3. The number of carbonyl (C=O) groups is 4. The summed E-state index contributed by atoms with van der Waals surface area (Å²) in [5, 5.41) is 10.6. The maximum Gasteiger partial charge on any atom is 0.253 e. The minimum Gasteiger partial charge on any atom is -0.383 e. The molecular weight excluding hydrogens is 1410 g/mol. The molecule has 3 amide bonds. The third-order valence-electron chi connectivity index (χ3n) is 19.7. The SMILES string of the molecule is C=CC(=O)N1CCN(C(=O)c2ccc(C#Cc3c(N)ncc4ccc(Cl)cc34)cc2)CC1.Cc1ccc(CC(=O)c2ccc(C#Cc3c(N)ncc4ccc(Cl)cc34)cc2)cc1Cc1nccc(-c2cccnc2)n1.Nc1ncc2ccc(Cl)cc2c1C#Cc1ccc(C(=O)N2CCC3(CCNCC3)CC2)cc1. The smallest absolute Gasteiger partial charge is 0.253 e. The molecule has 3 aliphatic heterocycles. The fourth-order valence-corrected chi connectivity index (χ4v) is 14.0. The molecule has 20 heteroatoms. The van der Waals surface area contributed by atoms with E-state index in [9.17, 15) is 19.2 Å². The number of nitrogens with one attached hydrogen (secondary N) is 1. The van der Waals surface area contributed by atoms with Gasteiger partial charge in [0, 0.05) is 176 Å². The number of nitrogens with zero attached hydrogens (tertiary/aromatic N) is 9. The zero-order valence-electron chi connectivity index (χ0n) is 59.3. The first-order chi connectivity index (χ1) is 52.4. The fourth-order valence-electron chi connectivity index (χ4n) is 13.4. The van der Waals surface area contributed by atoms with Crippen LogP contribution in [0.1, 0.15) is 113 Å². The average molecular weight is 1480 g/mol. The van der Waals surface area contributed by atoms with Crippen LogP contribution in [0.4, 0.5) is 17.5 Å². The Hall–Kier alpha value is -12.3. The standard InChI is InChI=1S/C36H26ClN5O.C27H27ClN4O.C25H21ClN4O2/c1-23-4-5-25(17-29(23)19-35-40-16-14-33(42-35)28-3-2-15-39-21-28)18-34(43)26-9-6-24(7-10-26)8-13-31-32-20-30(37)12-11-27(32)22-41-36(31)38;28-22-7-6-21-18-31-25(29)23(24(21)17-22)8-3-19-1-4-20(5-2-19)26(33)32-15-11-27(12-16-32)9-13-30-14-10-27;1-2-23(31)29-11-13-30(14-12-29)25(32)18-6-3-17(4-7-18)5-10-21-22-15-20(26)9-8-19(22)16-28-24(21)27/h2-7,9-12,14-17,20-22H,18-19H2,1H3,(H2,38,41);1-2,4-7,17-18,30H,9-16H2,(H2,29,31);2-4,6-9,15-16H,1,11-14H2,(H2,27,28). The maximum absolute atomic E-state index is 13.2. The predicted molar refractivity (Wildman–Crippen MR) is 430 cm³/mol. The van der Waals surface area contributed by atoms with Crippen LogP contribution in [0, 0.1) is 47.9 Å². The lowest BCUT2D eigenvalue weighted by atomic mass is 9.71. The van der Waals surface area contributed by atoms with Crippen molar-refractivity contribution >= 4 is 108 Å². The molecule has 8 heterocycles. The normalized spacial score (nSPS) is 13.6. The van der Waals surface area contributed by atoms with Gasteiger partial charge in [0.15, 0.2) is 5.78 Å². The number of anilines is 3. The number of rotatable bonds is 9. The van der Waals surface area contributed by atoms with E-state index in [1.165, 1.54) is 18.9 Å². The van der Waals surface area contributed by atoms with Gasteiger partial charge in [0.1, 0.15) is 23.3 Å². The molecule has 17 nitrogen and oxygen atoms in total. The van der Waals surface area contributed by atoms with Crippen molar-refractivity contribution in [2.75, 3.05) is 69.6 Å². The molecule has 3 fully saturated rings. The van der Waals surface area contributed by atoms with Crippen LogP contribution in [0.5, 0.6) is 0 Å². The molecule has 0 bridgehead atoms. The number of hydrogen-bond acceptors (Lipinski definition) is 14. The van der Waals surface area contributed by atoms with Gasteiger partial charge in [-0.2, -0.15) is 0 Å². The molecule has 3 saturated heterocycles. The molecule has 108 heavy (non-hydrogen) atoms. The van der Waals surface area contributed by atoms with Crippen LogP contribution < -0.4 is 22.5 Å². The number of ketones is 1. The number of fused-ring (bicyclic) bond motifs is 3.